The molecule has 2 heterocycles. The molecule has 0 aliphatic carbocycles. The summed E-state index contributed by atoms with van der Waals surface area (Å²) in [6, 6.07) is 8.04. The van der Waals surface area contributed by atoms with Gasteiger partial charge in [-0.1, -0.05) is 12.1 Å². The first kappa shape index (κ1) is 16.7. The summed E-state index contributed by atoms with van der Waals surface area (Å²) >= 11 is 3.29. The summed E-state index contributed by atoms with van der Waals surface area (Å²) < 4.78 is 0. The van der Waals surface area contributed by atoms with Gasteiger partial charge in [0.25, 0.3) is 0 Å². The van der Waals surface area contributed by atoms with Crippen LogP contribution < -0.4 is 5.32 Å². The van der Waals surface area contributed by atoms with Crippen LogP contribution in [0.2, 0.25) is 0 Å². The average Bonchev–Trinajstić information content (AvgIpc) is 3.18. The number of rotatable bonds is 8. The molecule has 0 radical (unpaired) electrons. The van der Waals surface area contributed by atoms with Gasteiger partial charge in [0, 0.05) is 29.1 Å². The number of nitrogens with zero attached hydrogens (tertiary/aromatic N) is 1. The van der Waals surface area contributed by atoms with E-state index in [0.717, 1.165) is 9.75 Å². The van der Waals surface area contributed by atoms with E-state index in [1.807, 2.05) is 46.8 Å². The van der Waals surface area contributed by atoms with Crippen LogP contribution in [-0.2, 0) is 22.7 Å². The van der Waals surface area contributed by atoms with Crippen molar-refractivity contribution in [2.75, 3.05) is 6.54 Å². The third-order valence-corrected chi connectivity index (χ3v) is 4.87. The molecule has 0 aliphatic rings. The number of carbonyl (C=O) groups excluding carboxylic acids is 2. The van der Waals surface area contributed by atoms with E-state index in [1.54, 1.807) is 22.7 Å². The standard InChI is InChI=1S/C16H20N2O2S2/c1-2-17-15(19)7-8-16(20)18(11-13-5-3-9-21-13)12-14-6-4-10-22-14/h3-6,9-10H,2,7-8,11-12H2,1H3,(H,17,19). The lowest BCUT2D eigenvalue weighted by Crippen LogP contribution is -2.31. The summed E-state index contributed by atoms with van der Waals surface area (Å²) in [6.07, 6.45) is 0.501. The normalized spacial score (nSPS) is 10.4. The first-order chi connectivity index (χ1) is 10.7. The van der Waals surface area contributed by atoms with Gasteiger partial charge in [0.05, 0.1) is 13.1 Å². The maximum absolute atomic E-state index is 12.5. The van der Waals surface area contributed by atoms with E-state index in [1.165, 1.54) is 0 Å². The lowest BCUT2D eigenvalue weighted by Gasteiger charge is -2.21. The van der Waals surface area contributed by atoms with Gasteiger partial charge in [-0.05, 0) is 29.8 Å². The quantitative estimate of drug-likeness (QED) is 0.804. The van der Waals surface area contributed by atoms with Crippen molar-refractivity contribution >= 4 is 34.5 Å². The zero-order valence-electron chi connectivity index (χ0n) is 12.6. The molecule has 118 valence electrons. The highest BCUT2D eigenvalue weighted by molar-refractivity contribution is 7.10. The minimum Gasteiger partial charge on any atom is -0.356 e. The van der Waals surface area contributed by atoms with Crippen LogP contribution in [0.25, 0.3) is 0 Å². The van der Waals surface area contributed by atoms with Crippen LogP contribution >= 0.6 is 22.7 Å². The molecule has 22 heavy (non-hydrogen) atoms. The van der Waals surface area contributed by atoms with Crippen LogP contribution in [0.3, 0.4) is 0 Å². The van der Waals surface area contributed by atoms with E-state index < -0.39 is 0 Å². The molecule has 0 spiro atoms. The second-order valence-electron chi connectivity index (χ2n) is 4.86. The number of thiophene rings is 2. The van der Waals surface area contributed by atoms with Gasteiger partial charge >= 0.3 is 0 Å². The molecular formula is C16H20N2O2S2. The van der Waals surface area contributed by atoms with Gasteiger partial charge in [-0.3, -0.25) is 9.59 Å². The summed E-state index contributed by atoms with van der Waals surface area (Å²) in [5, 5.41) is 6.75. The van der Waals surface area contributed by atoms with Crippen LogP contribution in [0.15, 0.2) is 35.0 Å². The third kappa shape index (κ3) is 5.27. The molecule has 0 saturated carbocycles. The van der Waals surface area contributed by atoms with Crippen molar-refractivity contribution in [3.63, 3.8) is 0 Å². The van der Waals surface area contributed by atoms with Crippen LogP contribution in [0, 0.1) is 0 Å². The molecule has 2 aromatic heterocycles. The van der Waals surface area contributed by atoms with E-state index in [0.29, 0.717) is 19.6 Å². The van der Waals surface area contributed by atoms with Crippen LogP contribution in [0.4, 0.5) is 0 Å². The zero-order valence-corrected chi connectivity index (χ0v) is 14.2. The van der Waals surface area contributed by atoms with Crippen molar-refractivity contribution in [3.05, 3.63) is 44.8 Å². The summed E-state index contributed by atoms with van der Waals surface area (Å²) in [5.74, 6) is -0.0453. The molecule has 0 bridgehead atoms. The Morgan fingerprint density at radius 3 is 2.09 bits per heavy atom. The average molecular weight is 336 g/mol. The second-order valence-corrected chi connectivity index (χ2v) is 6.93. The maximum atomic E-state index is 12.5. The summed E-state index contributed by atoms with van der Waals surface area (Å²) in [5.41, 5.74) is 0. The first-order valence-corrected chi connectivity index (χ1v) is 9.04. The van der Waals surface area contributed by atoms with Gasteiger partial charge < -0.3 is 10.2 Å². The highest BCUT2D eigenvalue weighted by Gasteiger charge is 2.16. The van der Waals surface area contributed by atoms with Crippen molar-refractivity contribution in [3.8, 4) is 0 Å². The fourth-order valence-electron chi connectivity index (χ4n) is 2.08. The lowest BCUT2D eigenvalue weighted by molar-refractivity contribution is -0.134. The Kier molecular flexibility index (Phi) is 6.61. The molecule has 0 fully saturated rings. The maximum Gasteiger partial charge on any atom is 0.223 e. The SMILES string of the molecule is CCNC(=O)CCC(=O)N(Cc1cccs1)Cc1cccs1. The molecule has 2 aromatic rings. The van der Waals surface area contributed by atoms with Gasteiger partial charge in [0.1, 0.15) is 0 Å². The Labute approximate surface area is 138 Å². The molecule has 1 N–H and O–H groups in total. The predicted octanol–water partition coefficient (Wildman–Crippen LogP) is 3.25. The molecule has 0 unspecified atom stereocenters. The monoisotopic (exact) mass is 336 g/mol. The van der Waals surface area contributed by atoms with Crippen LogP contribution in [0.1, 0.15) is 29.5 Å². The summed E-state index contributed by atoms with van der Waals surface area (Å²) in [6.45, 7) is 3.67. The number of hydrogen-bond acceptors (Lipinski definition) is 4. The first-order valence-electron chi connectivity index (χ1n) is 7.28. The Morgan fingerprint density at radius 2 is 1.64 bits per heavy atom. The van der Waals surface area contributed by atoms with Gasteiger partial charge in [-0.2, -0.15) is 0 Å². The van der Waals surface area contributed by atoms with E-state index in [-0.39, 0.29) is 24.7 Å². The van der Waals surface area contributed by atoms with Crippen molar-refractivity contribution in [2.45, 2.75) is 32.9 Å². The minimum absolute atomic E-state index is 0.0213. The number of hydrogen-bond donors (Lipinski definition) is 1. The Balaban J connectivity index is 1.96. The van der Waals surface area contributed by atoms with Crippen LogP contribution in [-0.4, -0.2) is 23.3 Å². The highest BCUT2D eigenvalue weighted by atomic mass is 32.1. The lowest BCUT2D eigenvalue weighted by atomic mass is 10.2. The minimum atomic E-state index is -0.0666. The van der Waals surface area contributed by atoms with E-state index in [2.05, 4.69) is 5.32 Å². The number of carbonyl (C=O) groups is 2. The largest absolute Gasteiger partial charge is 0.356 e. The van der Waals surface area contributed by atoms with Gasteiger partial charge in [-0.25, -0.2) is 0 Å². The highest BCUT2D eigenvalue weighted by Crippen LogP contribution is 2.18. The van der Waals surface area contributed by atoms with Crippen molar-refractivity contribution in [1.82, 2.24) is 10.2 Å². The van der Waals surface area contributed by atoms with Crippen molar-refractivity contribution in [2.24, 2.45) is 0 Å². The number of nitrogens with one attached hydrogen (secondary N) is 1. The Hall–Kier alpha value is -1.66. The molecule has 0 aromatic carbocycles. The molecule has 0 aliphatic heterocycles. The van der Waals surface area contributed by atoms with E-state index in [4.69, 9.17) is 0 Å². The van der Waals surface area contributed by atoms with Crippen molar-refractivity contribution < 1.29 is 9.59 Å². The van der Waals surface area contributed by atoms with E-state index >= 15 is 0 Å². The fourth-order valence-corrected chi connectivity index (χ4v) is 3.52. The molecular weight excluding hydrogens is 316 g/mol. The van der Waals surface area contributed by atoms with Crippen molar-refractivity contribution in [1.29, 1.82) is 0 Å². The zero-order chi connectivity index (χ0) is 15.8. The Morgan fingerprint density at radius 1 is 1.05 bits per heavy atom. The molecule has 2 rings (SSSR count). The molecule has 2 amide bonds. The number of amides is 2. The van der Waals surface area contributed by atoms with E-state index in [9.17, 15) is 9.59 Å². The molecule has 0 saturated heterocycles. The summed E-state index contributed by atoms with van der Waals surface area (Å²) in [4.78, 5) is 28.1. The molecule has 6 heteroatoms. The fraction of sp³-hybridized carbons (Fsp3) is 0.375. The molecule has 0 atom stereocenters. The van der Waals surface area contributed by atoms with Gasteiger partial charge in [0.15, 0.2) is 0 Å². The third-order valence-electron chi connectivity index (χ3n) is 3.15. The topological polar surface area (TPSA) is 49.4 Å². The second kappa shape index (κ2) is 8.70. The van der Waals surface area contributed by atoms with Gasteiger partial charge in [0.2, 0.25) is 11.8 Å². The predicted molar refractivity (Wildman–Crippen MR) is 90.8 cm³/mol. The molecule has 4 nitrogen and oxygen atoms in total. The Bertz CT molecular complexity index is 543. The smallest absolute Gasteiger partial charge is 0.223 e. The summed E-state index contributed by atoms with van der Waals surface area (Å²) in [7, 11) is 0. The van der Waals surface area contributed by atoms with Gasteiger partial charge in [-0.15, -0.1) is 22.7 Å². The van der Waals surface area contributed by atoms with Crippen LogP contribution in [0.5, 0.6) is 0 Å².